The van der Waals surface area contributed by atoms with Crippen LogP contribution in [0.2, 0.25) is 5.02 Å². The summed E-state index contributed by atoms with van der Waals surface area (Å²) in [7, 11) is 0. The number of rotatable bonds is 6. The molecule has 0 saturated heterocycles. The van der Waals surface area contributed by atoms with Gasteiger partial charge in [-0.1, -0.05) is 48.5 Å². The Morgan fingerprint density at radius 2 is 2.00 bits per heavy atom. The van der Waals surface area contributed by atoms with Gasteiger partial charge < -0.3 is 5.32 Å². The highest BCUT2D eigenvalue weighted by molar-refractivity contribution is 8.00. The first-order chi connectivity index (χ1) is 13.9. The number of benzene rings is 2. The summed E-state index contributed by atoms with van der Waals surface area (Å²) in [5.41, 5.74) is 3.18. The van der Waals surface area contributed by atoms with Gasteiger partial charge in [0.15, 0.2) is 0 Å². The molecule has 150 valence electrons. The van der Waals surface area contributed by atoms with Crippen LogP contribution in [0.3, 0.4) is 0 Å². The number of nitrogens with one attached hydrogen (secondary N) is 1. The van der Waals surface area contributed by atoms with E-state index in [1.807, 2.05) is 44.2 Å². The standard InChI is InChI=1S/C22H22ClN3O2S/c1-4-16-6-5-7-17(12-16)24-22(28)15(3)29-20-10-11-21(27)26(25-20)18-9-8-14(2)19(23)13-18/h5-13,15H,4H2,1-3H3,(H,24,28)/t15-/m1/s1. The molecule has 0 aliphatic heterocycles. The summed E-state index contributed by atoms with van der Waals surface area (Å²) >= 11 is 7.47. The lowest BCUT2D eigenvalue weighted by molar-refractivity contribution is -0.115. The Hall–Kier alpha value is -2.57. The summed E-state index contributed by atoms with van der Waals surface area (Å²) in [6, 6.07) is 16.2. The molecule has 3 aromatic rings. The molecule has 2 aromatic carbocycles. The third-order valence-corrected chi connectivity index (χ3v) is 5.88. The van der Waals surface area contributed by atoms with Crippen molar-refractivity contribution in [2.75, 3.05) is 5.32 Å². The van der Waals surface area contributed by atoms with Crippen molar-refractivity contribution in [1.29, 1.82) is 0 Å². The largest absolute Gasteiger partial charge is 0.325 e. The van der Waals surface area contributed by atoms with E-state index < -0.39 is 0 Å². The number of anilines is 1. The molecule has 0 saturated carbocycles. The molecule has 1 N–H and O–H groups in total. The Balaban J connectivity index is 1.76. The normalized spacial score (nSPS) is 11.9. The van der Waals surface area contributed by atoms with Gasteiger partial charge >= 0.3 is 0 Å². The van der Waals surface area contributed by atoms with Crippen molar-refractivity contribution in [1.82, 2.24) is 9.78 Å². The van der Waals surface area contributed by atoms with E-state index in [0.717, 1.165) is 23.2 Å². The average Bonchev–Trinajstić information content (AvgIpc) is 2.71. The van der Waals surface area contributed by atoms with Crippen molar-refractivity contribution in [3.05, 3.63) is 81.1 Å². The van der Waals surface area contributed by atoms with E-state index in [4.69, 9.17) is 11.6 Å². The summed E-state index contributed by atoms with van der Waals surface area (Å²) in [5.74, 6) is -0.124. The Morgan fingerprint density at radius 3 is 2.72 bits per heavy atom. The van der Waals surface area contributed by atoms with Gasteiger partial charge in [0.1, 0.15) is 5.03 Å². The van der Waals surface area contributed by atoms with Crippen molar-refractivity contribution in [2.24, 2.45) is 0 Å². The zero-order valence-electron chi connectivity index (χ0n) is 16.5. The molecule has 0 fully saturated rings. The molecule has 0 unspecified atom stereocenters. The van der Waals surface area contributed by atoms with Gasteiger partial charge in [-0.15, -0.1) is 0 Å². The summed E-state index contributed by atoms with van der Waals surface area (Å²) in [6.07, 6.45) is 0.905. The van der Waals surface area contributed by atoms with Gasteiger partial charge in [-0.05, 0) is 61.7 Å². The number of amides is 1. The van der Waals surface area contributed by atoms with Crippen molar-refractivity contribution in [3.63, 3.8) is 0 Å². The molecule has 1 heterocycles. The number of aromatic nitrogens is 2. The fourth-order valence-electron chi connectivity index (χ4n) is 2.70. The van der Waals surface area contributed by atoms with Gasteiger partial charge in [0, 0.05) is 16.8 Å². The summed E-state index contributed by atoms with van der Waals surface area (Å²) < 4.78 is 1.29. The molecular formula is C22H22ClN3O2S. The zero-order chi connectivity index (χ0) is 21.0. The molecule has 1 amide bonds. The molecule has 5 nitrogen and oxygen atoms in total. The number of carbonyl (C=O) groups excluding carboxylic acids is 1. The van der Waals surface area contributed by atoms with Crippen LogP contribution >= 0.6 is 23.4 Å². The van der Waals surface area contributed by atoms with Gasteiger partial charge in [-0.25, -0.2) is 0 Å². The first kappa shape index (κ1) is 21.1. The molecule has 7 heteroatoms. The van der Waals surface area contributed by atoms with Gasteiger partial charge in [0.2, 0.25) is 5.91 Å². The van der Waals surface area contributed by atoms with Crippen molar-refractivity contribution >= 4 is 35.0 Å². The predicted molar refractivity (Wildman–Crippen MR) is 119 cm³/mol. The Morgan fingerprint density at radius 1 is 1.21 bits per heavy atom. The predicted octanol–water partition coefficient (Wildman–Crippen LogP) is 4.88. The number of hydrogen-bond donors (Lipinski definition) is 1. The number of thioether (sulfide) groups is 1. The van der Waals surface area contributed by atoms with E-state index in [2.05, 4.69) is 17.3 Å². The maximum Gasteiger partial charge on any atom is 0.271 e. The molecule has 1 aromatic heterocycles. The Bertz CT molecular complexity index is 1100. The molecule has 0 spiro atoms. The fourth-order valence-corrected chi connectivity index (χ4v) is 3.68. The molecule has 0 aliphatic carbocycles. The van der Waals surface area contributed by atoms with Gasteiger partial charge in [-0.3, -0.25) is 9.59 Å². The van der Waals surface area contributed by atoms with E-state index >= 15 is 0 Å². The summed E-state index contributed by atoms with van der Waals surface area (Å²) in [4.78, 5) is 24.8. The highest BCUT2D eigenvalue weighted by Crippen LogP contribution is 2.23. The number of carbonyl (C=O) groups is 1. The minimum absolute atomic E-state index is 0.124. The van der Waals surface area contributed by atoms with Crippen LogP contribution in [0, 0.1) is 6.92 Å². The monoisotopic (exact) mass is 427 g/mol. The van der Waals surface area contributed by atoms with Crippen LogP contribution in [-0.4, -0.2) is 20.9 Å². The minimum atomic E-state index is -0.389. The third-order valence-electron chi connectivity index (χ3n) is 4.45. The van der Waals surface area contributed by atoms with Crippen LogP contribution < -0.4 is 10.9 Å². The van der Waals surface area contributed by atoms with E-state index in [0.29, 0.717) is 15.7 Å². The van der Waals surface area contributed by atoms with Crippen molar-refractivity contribution in [3.8, 4) is 5.69 Å². The average molecular weight is 428 g/mol. The van der Waals surface area contributed by atoms with E-state index in [1.165, 1.54) is 22.5 Å². The molecule has 0 radical (unpaired) electrons. The summed E-state index contributed by atoms with van der Waals surface area (Å²) in [6.45, 7) is 5.77. The zero-order valence-corrected chi connectivity index (χ0v) is 18.1. The lowest BCUT2D eigenvalue weighted by Gasteiger charge is -2.13. The fraction of sp³-hybridized carbons (Fsp3) is 0.227. The highest BCUT2D eigenvalue weighted by atomic mass is 35.5. The minimum Gasteiger partial charge on any atom is -0.325 e. The molecule has 29 heavy (non-hydrogen) atoms. The Labute approximate surface area is 179 Å². The third kappa shape index (κ3) is 5.28. The lowest BCUT2D eigenvalue weighted by atomic mass is 10.1. The van der Waals surface area contributed by atoms with Gasteiger partial charge in [0.05, 0.1) is 10.9 Å². The molecule has 0 aliphatic rings. The van der Waals surface area contributed by atoms with Crippen LogP contribution in [0.15, 0.2) is 64.4 Å². The van der Waals surface area contributed by atoms with Crippen molar-refractivity contribution in [2.45, 2.75) is 37.5 Å². The topological polar surface area (TPSA) is 64.0 Å². The molecular weight excluding hydrogens is 406 g/mol. The first-order valence-corrected chi connectivity index (χ1v) is 10.6. The van der Waals surface area contributed by atoms with Crippen molar-refractivity contribution < 1.29 is 4.79 Å². The number of aryl methyl sites for hydroxylation is 2. The second kappa shape index (κ2) is 9.29. The molecule has 1 atom stereocenters. The summed E-state index contributed by atoms with van der Waals surface area (Å²) in [5, 5.41) is 8.09. The Kier molecular flexibility index (Phi) is 6.77. The smallest absolute Gasteiger partial charge is 0.271 e. The van der Waals surface area contributed by atoms with Crippen LogP contribution in [0.5, 0.6) is 0 Å². The molecule has 0 bridgehead atoms. The van der Waals surface area contributed by atoms with Crippen LogP contribution in [-0.2, 0) is 11.2 Å². The second-order valence-corrected chi connectivity index (χ2v) is 8.43. The maximum absolute atomic E-state index is 12.6. The number of hydrogen-bond acceptors (Lipinski definition) is 4. The SMILES string of the molecule is CCc1cccc(NC(=O)[C@@H](C)Sc2ccc(=O)n(-c3ccc(C)c(Cl)c3)n2)c1. The van der Waals surface area contributed by atoms with E-state index in [-0.39, 0.29) is 16.7 Å². The van der Waals surface area contributed by atoms with Gasteiger partial charge in [-0.2, -0.15) is 9.78 Å². The quantitative estimate of drug-likeness (QED) is 0.569. The van der Waals surface area contributed by atoms with Crippen LogP contribution in [0.25, 0.3) is 5.69 Å². The van der Waals surface area contributed by atoms with E-state index in [9.17, 15) is 9.59 Å². The maximum atomic E-state index is 12.6. The number of nitrogens with zero attached hydrogens (tertiary/aromatic N) is 2. The second-order valence-electron chi connectivity index (χ2n) is 6.66. The number of halogens is 1. The van der Waals surface area contributed by atoms with Crippen LogP contribution in [0.1, 0.15) is 25.0 Å². The van der Waals surface area contributed by atoms with Gasteiger partial charge in [0.25, 0.3) is 5.56 Å². The molecule has 3 rings (SSSR count). The lowest BCUT2D eigenvalue weighted by Crippen LogP contribution is -2.24. The first-order valence-electron chi connectivity index (χ1n) is 9.30. The van der Waals surface area contributed by atoms with Crippen LogP contribution in [0.4, 0.5) is 5.69 Å². The highest BCUT2D eigenvalue weighted by Gasteiger charge is 2.16. The van der Waals surface area contributed by atoms with E-state index in [1.54, 1.807) is 18.2 Å².